The van der Waals surface area contributed by atoms with Crippen molar-refractivity contribution in [3.63, 3.8) is 0 Å². The first-order valence-corrected chi connectivity index (χ1v) is 3.53. The lowest BCUT2D eigenvalue weighted by Crippen LogP contribution is -2.33. The van der Waals surface area contributed by atoms with Crippen molar-refractivity contribution in [1.82, 2.24) is 4.98 Å². The number of rotatable bonds is 4. The summed E-state index contributed by atoms with van der Waals surface area (Å²) in [4.78, 5) is 2.96. The molecule has 0 spiro atoms. The summed E-state index contributed by atoms with van der Waals surface area (Å²) in [5.74, 6) is 0. The highest BCUT2D eigenvalue weighted by Gasteiger charge is 1.93. The fourth-order valence-electron chi connectivity index (χ4n) is 0.774. The lowest BCUT2D eigenvalue weighted by Gasteiger charge is -1.95. The SMILES string of the molecule is CCOCC[n+]1cc[nH]c1. The Morgan fingerprint density at radius 1 is 1.60 bits per heavy atom. The van der Waals surface area contributed by atoms with E-state index in [1.54, 1.807) is 0 Å². The molecule has 1 aromatic rings. The van der Waals surface area contributed by atoms with E-state index in [-0.39, 0.29) is 0 Å². The number of ether oxygens (including phenoxy) is 1. The Morgan fingerprint density at radius 2 is 2.50 bits per heavy atom. The highest BCUT2D eigenvalue weighted by Crippen LogP contribution is 1.74. The van der Waals surface area contributed by atoms with Crippen molar-refractivity contribution < 1.29 is 9.30 Å². The molecule has 0 atom stereocenters. The summed E-state index contributed by atoms with van der Waals surface area (Å²) in [7, 11) is 0. The standard InChI is InChI=1S/C7H12N2O/c1-2-10-6-5-9-4-3-8-7-9/h3-4,7H,2,5-6H2,1H3/p+1. The predicted octanol–water partition coefficient (Wildman–Crippen LogP) is 0.339. The number of aromatic nitrogens is 2. The monoisotopic (exact) mass is 141 g/mol. The quantitative estimate of drug-likeness (QED) is 0.475. The zero-order valence-electron chi connectivity index (χ0n) is 6.21. The number of hydrogen-bond acceptors (Lipinski definition) is 1. The summed E-state index contributed by atoms with van der Waals surface area (Å²) in [5.41, 5.74) is 0. The second kappa shape index (κ2) is 4.06. The summed E-state index contributed by atoms with van der Waals surface area (Å²) < 4.78 is 7.22. The minimum Gasteiger partial charge on any atom is -0.378 e. The van der Waals surface area contributed by atoms with E-state index < -0.39 is 0 Å². The second-order valence-corrected chi connectivity index (χ2v) is 2.05. The number of aromatic amines is 1. The van der Waals surface area contributed by atoms with E-state index in [9.17, 15) is 0 Å². The van der Waals surface area contributed by atoms with E-state index in [1.165, 1.54) is 0 Å². The van der Waals surface area contributed by atoms with Gasteiger partial charge in [-0.25, -0.2) is 4.57 Å². The zero-order valence-corrected chi connectivity index (χ0v) is 6.21. The molecular formula is C7H13N2O+. The average Bonchev–Trinajstić information content (AvgIpc) is 2.41. The van der Waals surface area contributed by atoms with Gasteiger partial charge in [0.25, 0.3) is 0 Å². The molecule has 0 saturated carbocycles. The van der Waals surface area contributed by atoms with Gasteiger partial charge in [-0.2, -0.15) is 0 Å². The normalized spacial score (nSPS) is 10.1. The van der Waals surface area contributed by atoms with Crippen LogP contribution in [0.15, 0.2) is 18.7 Å². The molecule has 0 saturated heterocycles. The van der Waals surface area contributed by atoms with E-state index >= 15 is 0 Å². The van der Waals surface area contributed by atoms with Crippen molar-refractivity contribution in [1.29, 1.82) is 0 Å². The molecule has 0 aromatic carbocycles. The van der Waals surface area contributed by atoms with Gasteiger partial charge < -0.3 is 4.74 Å². The molecule has 56 valence electrons. The van der Waals surface area contributed by atoms with Gasteiger partial charge in [-0.15, -0.1) is 0 Å². The van der Waals surface area contributed by atoms with Crippen LogP contribution in [0.2, 0.25) is 0 Å². The second-order valence-electron chi connectivity index (χ2n) is 2.05. The minimum absolute atomic E-state index is 0.791. The van der Waals surface area contributed by atoms with Crippen LogP contribution in [0.4, 0.5) is 0 Å². The van der Waals surface area contributed by atoms with E-state index in [1.807, 2.05) is 25.6 Å². The van der Waals surface area contributed by atoms with Gasteiger partial charge in [0.2, 0.25) is 6.33 Å². The van der Waals surface area contributed by atoms with Crippen molar-refractivity contribution in [2.45, 2.75) is 13.5 Å². The van der Waals surface area contributed by atoms with Crippen LogP contribution in [-0.2, 0) is 11.3 Å². The van der Waals surface area contributed by atoms with Crippen molar-refractivity contribution in [3.8, 4) is 0 Å². The van der Waals surface area contributed by atoms with E-state index in [0.29, 0.717) is 0 Å². The molecule has 1 rings (SSSR count). The lowest BCUT2D eigenvalue weighted by atomic mass is 10.6. The number of H-pyrrole nitrogens is 1. The molecule has 0 fully saturated rings. The zero-order chi connectivity index (χ0) is 7.23. The maximum Gasteiger partial charge on any atom is 0.241 e. The number of hydrogen-bond donors (Lipinski definition) is 1. The maximum absolute atomic E-state index is 5.17. The largest absolute Gasteiger partial charge is 0.378 e. The minimum atomic E-state index is 0.791. The van der Waals surface area contributed by atoms with Crippen LogP contribution in [-0.4, -0.2) is 18.2 Å². The third kappa shape index (κ3) is 2.19. The molecule has 0 bridgehead atoms. The third-order valence-corrected chi connectivity index (χ3v) is 1.30. The van der Waals surface area contributed by atoms with Crippen LogP contribution < -0.4 is 4.57 Å². The Labute approximate surface area is 60.6 Å². The van der Waals surface area contributed by atoms with Crippen LogP contribution in [0.1, 0.15) is 6.92 Å². The van der Waals surface area contributed by atoms with E-state index in [2.05, 4.69) is 9.55 Å². The van der Waals surface area contributed by atoms with Crippen molar-refractivity contribution in [3.05, 3.63) is 18.7 Å². The fourth-order valence-corrected chi connectivity index (χ4v) is 0.774. The van der Waals surface area contributed by atoms with E-state index in [0.717, 1.165) is 19.8 Å². The lowest BCUT2D eigenvalue weighted by molar-refractivity contribution is -0.697. The first-order valence-electron chi connectivity index (χ1n) is 3.53. The van der Waals surface area contributed by atoms with Gasteiger partial charge in [0, 0.05) is 6.61 Å². The van der Waals surface area contributed by atoms with Gasteiger partial charge >= 0.3 is 0 Å². The summed E-state index contributed by atoms with van der Waals surface area (Å²) in [6.45, 7) is 4.52. The van der Waals surface area contributed by atoms with Crippen LogP contribution >= 0.6 is 0 Å². The number of nitrogens with zero attached hydrogens (tertiary/aromatic N) is 1. The molecule has 1 aromatic heterocycles. The van der Waals surface area contributed by atoms with Crippen LogP contribution in [0.3, 0.4) is 0 Å². The molecule has 3 nitrogen and oxygen atoms in total. The average molecular weight is 141 g/mol. The maximum atomic E-state index is 5.17. The highest BCUT2D eigenvalue weighted by atomic mass is 16.5. The molecule has 10 heavy (non-hydrogen) atoms. The summed E-state index contributed by atoms with van der Waals surface area (Å²) in [6, 6.07) is 0. The van der Waals surface area contributed by atoms with Gasteiger partial charge in [-0.3, -0.25) is 4.98 Å². The van der Waals surface area contributed by atoms with Gasteiger partial charge in [-0.1, -0.05) is 0 Å². The molecular weight excluding hydrogens is 128 g/mol. The Kier molecular flexibility index (Phi) is 2.96. The van der Waals surface area contributed by atoms with Crippen LogP contribution in [0, 0.1) is 0 Å². The molecule has 1 N–H and O–H groups in total. The topological polar surface area (TPSA) is 28.9 Å². The molecule has 0 radical (unpaired) electrons. The number of imidazole rings is 1. The molecule has 0 amide bonds. The molecule has 0 aliphatic carbocycles. The van der Waals surface area contributed by atoms with Gasteiger partial charge in [0.1, 0.15) is 18.9 Å². The molecule has 3 heteroatoms. The molecule has 0 aliphatic heterocycles. The van der Waals surface area contributed by atoms with Crippen LogP contribution in [0.5, 0.6) is 0 Å². The highest BCUT2D eigenvalue weighted by molar-refractivity contribution is 4.55. The molecule has 0 aliphatic rings. The van der Waals surface area contributed by atoms with Crippen molar-refractivity contribution in [2.24, 2.45) is 0 Å². The van der Waals surface area contributed by atoms with Crippen molar-refractivity contribution in [2.75, 3.05) is 13.2 Å². The summed E-state index contributed by atoms with van der Waals surface area (Å²) >= 11 is 0. The first kappa shape index (κ1) is 7.28. The molecule has 0 unspecified atom stereocenters. The summed E-state index contributed by atoms with van der Waals surface area (Å²) in [5, 5.41) is 0. The smallest absolute Gasteiger partial charge is 0.241 e. The Bertz CT molecular complexity index is 160. The van der Waals surface area contributed by atoms with Gasteiger partial charge in [0.05, 0.1) is 6.61 Å². The van der Waals surface area contributed by atoms with Crippen molar-refractivity contribution >= 4 is 0 Å². The van der Waals surface area contributed by atoms with Crippen LogP contribution in [0.25, 0.3) is 0 Å². The van der Waals surface area contributed by atoms with Gasteiger partial charge in [-0.05, 0) is 6.92 Å². The third-order valence-electron chi connectivity index (χ3n) is 1.30. The summed E-state index contributed by atoms with van der Waals surface area (Å²) in [6.07, 6.45) is 5.80. The molecule has 1 heterocycles. The number of nitrogens with one attached hydrogen (secondary N) is 1. The Morgan fingerprint density at radius 3 is 3.10 bits per heavy atom. The Hall–Kier alpha value is -0.830. The van der Waals surface area contributed by atoms with E-state index in [4.69, 9.17) is 4.74 Å². The fraction of sp³-hybridized carbons (Fsp3) is 0.571. The first-order chi connectivity index (χ1) is 4.93. The van der Waals surface area contributed by atoms with Gasteiger partial charge in [0.15, 0.2) is 0 Å². The Balaban J connectivity index is 2.15. The predicted molar refractivity (Wildman–Crippen MR) is 37.5 cm³/mol.